The Labute approximate surface area is 74.2 Å². The number of carbonyl (C=O) groups is 1. The van der Waals surface area contributed by atoms with E-state index in [1.807, 2.05) is 0 Å². The molecule has 0 aliphatic carbocycles. The summed E-state index contributed by atoms with van der Waals surface area (Å²) in [5.74, 6) is 0.294. The van der Waals surface area contributed by atoms with Crippen LogP contribution in [0.5, 0.6) is 0 Å². The largest absolute Gasteiger partial charge is 0.355 e. The third-order valence-electron chi connectivity index (χ3n) is 1.34. The fourth-order valence-electron chi connectivity index (χ4n) is 0.633. The Morgan fingerprint density at radius 3 is 2.36 bits per heavy atom. The minimum Gasteiger partial charge on any atom is -0.355 e. The van der Waals surface area contributed by atoms with Crippen LogP contribution in [0.4, 0.5) is 0 Å². The molecule has 0 aliphatic heterocycles. The molecule has 66 valence electrons. The molecule has 0 bridgehead atoms. The number of amides is 1. The molecule has 1 N–H and O–H groups in total. The Bertz CT molecular complexity index is 129. The van der Waals surface area contributed by atoms with Crippen molar-refractivity contribution in [2.24, 2.45) is 5.41 Å². The van der Waals surface area contributed by atoms with E-state index < -0.39 is 0 Å². The lowest BCUT2D eigenvalue weighted by Gasteiger charge is -2.17. The van der Waals surface area contributed by atoms with E-state index in [0.717, 1.165) is 13.0 Å². The molecule has 1 amide bonds. The highest BCUT2D eigenvalue weighted by molar-refractivity contribution is 7.81. The summed E-state index contributed by atoms with van der Waals surface area (Å²) in [7, 11) is 0. The van der Waals surface area contributed by atoms with Crippen molar-refractivity contribution in [1.29, 1.82) is 0 Å². The maximum absolute atomic E-state index is 10.7. The fourth-order valence-corrected chi connectivity index (χ4v) is 0.745. The summed E-state index contributed by atoms with van der Waals surface area (Å²) in [5, 5.41) is 2.77. The highest BCUT2D eigenvalue weighted by atomic mass is 32.1. The third-order valence-corrected chi connectivity index (χ3v) is 1.63. The van der Waals surface area contributed by atoms with E-state index >= 15 is 0 Å². The number of carbonyl (C=O) groups excluding carboxylic acids is 1. The molecule has 0 aromatic carbocycles. The normalized spacial score (nSPS) is 11.3. The molecule has 3 heteroatoms. The second kappa shape index (κ2) is 4.65. The predicted molar refractivity (Wildman–Crippen MR) is 50.9 cm³/mol. The van der Waals surface area contributed by atoms with Crippen LogP contribution in [0.1, 0.15) is 27.2 Å². The molecule has 0 aromatic rings. The van der Waals surface area contributed by atoms with Crippen LogP contribution in [-0.2, 0) is 4.79 Å². The van der Waals surface area contributed by atoms with E-state index in [2.05, 4.69) is 38.7 Å². The second-order valence-electron chi connectivity index (χ2n) is 3.82. The van der Waals surface area contributed by atoms with Gasteiger partial charge in [-0.05, 0) is 11.8 Å². The molecule has 0 aliphatic rings. The van der Waals surface area contributed by atoms with Crippen molar-refractivity contribution in [2.45, 2.75) is 27.2 Å². The van der Waals surface area contributed by atoms with Gasteiger partial charge in [0.05, 0.1) is 5.75 Å². The summed E-state index contributed by atoms with van der Waals surface area (Å²) in [4.78, 5) is 10.7. The molecule has 11 heavy (non-hydrogen) atoms. The van der Waals surface area contributed by atoms with Crippen molar-refractivity contribution >= 4 is 18.5 Å². The van der Waals surface area contributed by atoms with Crippen molar-refractivity contribution < 1.29 is 4.79 Å². The first-order valence-electron chi connectivity index (χ1n) is 3.83. The van der Waals surface area contributed by atoms with Gasteiger partial charge >= 0.3 is 0 Å². The van der Waals surface area contributed by atoms with Gasteiger partial charge in [0, 0.05) is 6.54 Å². The van der Waals surface area contributed by atoms with Crippen LogP contribution < -0.4 is 5.32 Å². The van der Waals surface area contributed by atoms with E-state index in [9.17, 15) is 4.79 Å². The Hall–Kier alpha value is -0.180. The first kappa shape index (κ1) is 10.8. The third kappa shape index (κ3) is 7.72. The quantitative estimate of drug-likeness (QED) is 0.625. The van der Waals surface area contributed by atoms with E-state index in [4.69, 9.17) is 0 Å². The number of rotatable bonds is 3. The highest BCUT2D eigenvalue weighted by Gasteiger charge is 2.09. The van der Waals surface area contributed by atoms with Gasteiger partial charge in [-0.3, -0.25) is 4.79 Å². The Balaban J connectivity index is 3.35. The van der Waals surface area contributed by atoms with Crippen molar-refractivity contribution in [1.82, 2.24) is 5.32 Å². The zero-order chi connectivity index (χ0) is 8.91. The summed E-state index contributed by atoms with van der Waals surface area (Å²) < 4.78 is 0. The zero-order valence-corrected chi connectivity index (χ0v) is 8.37. The molecule has 0 saturated heterocycles. The summed E-state index contributed by atoms with van der Waals surface area (Å²) in [6.07, 6.45) is 1.01. The van der Waals surface area contributed by atoms with Gasteiger partial charge in [0.15, 0.2) is 0 Å². The average Bonchev–Trinajstić information content (AvgIpc) is 1.85. The first-order chi connectivity index (χ1) is 4.95. The van der Waals surface area contributed by atoms with E-state index in [0.29, 0.717) is 5.41 Å². The van der Waals surface area contributed by atoms with Gasteiger partial charge in [0.1, 0.15) is 0 Å². The van der Waals surface area contributed by atoms with Gasteiger partial charge in [-0.25, -0.2) is 0 Å². The van der Waals surface area contributed by atoms with Crippen LogP contribution in [-0.4, -0.2) is 18.2 Å². The molecule has 0 unspecified atom stereocenters. The lowest BCUT2D eigenvalue weighted by atomic mass is 9.92. The number of nitrogens with one attached hydrogen (secondary N) is 1. The maximum Gasteiger partial charge on any atom is 0.229 e. The summed E-state index contributed by atoms with van der Waals surface area (Å²) in [5.41, 5.74) is 0.296. The standard InChI is InChI=1S/C8H17NOS/c1-8(2,3)4-5-9-7(10)6-11/h11H,4-6H2,1-3H3,(H,9,10). The van der Waals surface area contributed by atoms with Crippen molar-refractivity contribution in [3.63, 3.8) is 0 Å². The molecule has 0 atom stereocenters. The molecule has 0 spiro atoms. The highest BCUT2D eigenvalue weighted by Crippen LogP contribution is 2.16. The Morgan fingerprint density at radius 2 is 2.00 bits per heavy atom. The molecular weight excluding hydrogens is 158 g/mol. The minimum atomic E-state index is 0.0117. The molecule has 0 fully saturated rings. The lowest BCUT2D eigenvalue weighted by Crippen LogP contribution is -2.27. The van der Waals surface area contributed by atoms with Gasteiger partial charge in [0.2, 0.25) is 5.91 Å². The Kier molecular flexibility index (Phi) is 4.57. The molecule has 0 aromatic heterocycles. The van der Waals surface area contributed by atoms with Gasteiger partial charge in [0.25, 0.3) is 0 Å². The van der Waals surface area contributed by atoms with Gasteiger partial charge in [-0.1, -0.05) is 20.8 Å². The predicted octanol–water partition coefficient (Wildman–Crippen LogP) is 1.47. The van der Waals surface area contributed by atoms with Gasteiger partial charge in [-0.2, -0.15) is 12.6 Å². The lowest BCUT2D eigenvalue weighted by molar-refractivity contribution is -0.118. The summed E-state index contributed by atoms with van der Waals surface area (Å²) in [6.45, 7) is 7.21. The average molecular weight is 175 g/mol. The number of hydrogen-bond acceptors (Lipinski definition) is 2. The zero-order valence-electron chi connectivity index (χ0n) is 7.48. The molecule has 0 saturated carbocycles. The Morgan fingerprint density at radius 1 is 1.45 bits per heavy atom. The first-order valence-corrected chi connectivity index (χ1v) is 4.46. The number of thiol groups is 1. The van der Waals surface area contributed by atoms with E-state index in [1.54, 1.807) is 0 Å². The molecule has 0 rings (SSSR count). The maximum atomic E-state index is 10.7. The van der Waals surface area contributed by atoms with Gasteiger partial charge < -0.3 is 5.32 Å². The summed E-state index contributed by atoms with van der Waals surface area (Å²) >= 11 is 3.85. The van der Waals surface area contributed by atoms with Crippen molar-refractivity contribution in [3.8, 4) is 0 Å². The van der Waals surface area contributed by atoms with Crippen LogP contribution >= 0.6 is 12.6 Å². The van der Waals surface area contributed by atoms with Crippen molar-refractivity contribution in [2.75, 3.05) is 12.3 Å². The molecule has 2 nitrogen and oxygen atoms in total. The summed E-state index contributed by atoms with van der Waals surface area (Å²) in [6, 6.07) is 0. The van der Waals surface area contributed by atoms with Gasteiger partial charge in [-0.15, -0.1) is 0 Å². The SMILES string of the molecule is CC(C)(C)CCNC(=O)CS. The van der Waals surface area contributed by atoms with E-state index in [-0.39, 0.29) is 11.7 Å². The molecule has 0 radical (unpaired) electrons. The fraction of sp³-hybridized carbons (Fsp3) is 0.875. The van der Waals surface area contributed by atoms with Crippen LogP contribution in [0.3, 0.4) is 0 Å². The second-order valence-corrected chi connectivity index (χ2v) is 4.13. The van der Waals surface area contributed by atoms with Crippen LogP contribution in [0.2, 0.25) is 0 Å². The van der Waals surface area contributed by atoms with Crippen molar-refractivity contribution in [3.05, 3.63) is 0 Å². The van der Waals surface area contributed by atoms with Crippen LogP contribution in [0.15, 0.2) is 0 Å². The van der Waals surface area contributed by atoms with E-state index in [1.165, 1.54) is 0 Å². The van der Waals surface area contributed by atoms with Crippen LogP contribution in [0, 0.1) is 5.41 Å². The monoisotopic (exact) mass is 175 g/mol. The molecule has 0 heterocycles. The minimum absolute atomic E-state index is 0.0117. The van der Waals surface area contributed by atoms with Crippen LogP contribution in [0.25, 0.3) is 0 Å². The molecular formula is C8H17NOS. The topological polar surface area (TPSA) is 29.1 Å². The number of hydrogen-bond donors (Lipinski definition) is 2. The smallest absolute Gasteiger partial charge is 0.229 e.